The van der Waals surface area contributed by atoms with E-state index in [-0.39, 0.29) is 139 Å². The number of fused-ring (bicyclic) bond motifs is 2. The minimum atomic E-state index is -5.30. The van der Waals surface area contributed by atoms with Crippen molar-refractivity contribution >= 4 is 99.2 Å². The summed E-state index contributed by atoms with van der Waals surface area (Å²) >= 11 is 0. The third kappa shape index (κ3) is 15.6. The monoisotopic (exact) mass is 1100 g/mol. The van der Waals surface area contributed by atoms with Crippen molar-refractivity contribution in [2.75, 3.05) is 0 Å². The first-order valence-electron chi connectivity index (χ1n) is 19.5. The summed E-state index contributed by atoms with van der Waals surface area (Å²) in [4.78, 5) is 21.9. The van der Waals surface area contributed by atoms with Crippen molar-refractivity contribution in [2.24, 2.45) is 35.7 Å². The van der Waals surface area contributed by atoms with Gasteiger partial charge in [0.25, 0.3) is 11.4 Å². The number of hydrogen-bond acceptors (Lipinski definition) is 21. The fourth-order valence-electron chi connectivity index (χ4n) is 6.31. The predicted octanol–water partition coefficient (Wildman–Crippen LogP) is -0.395. The maximum Gasteiger partial charge on any atom is 3.00 e. The van der Waals surface area contributed by atoms with Gasteiger partial charge in [-0.3, -0.25) is 25.2 Å². The van der Waals surface area contributed by atoms with Crippen LogP contribution in [0.1, 0.15) is 5.56 Å². The van der Waals surface area contributed by atoms with Crippen LogP contribution in [0.2, 0.25) is 0 Å². The minimum Gasteiger partial charge on any atom is -0.872 e. The molecule has 0 aromatic heterocycles. The molecule has 355 valence electrons. The maximum atomic E-state index is 12.5. The van der Waals surface area contributed by atoms with Crippen LogP contribution in [0.25, 0.3) is 21.5 Å². The summed E-state index contributed by atoms with van der Waals surface area (Å²) in [5, 5.41) is 96.4. The first-order valence-corrected chi connectivity index (χ1v) is 22.4. The molecular weight excluding hydrogens is 1080 g/mol. The maximum absolute atomic E-state index is 12.5. The van der Waals surface area contributed by atoms with Gasteiger partial charge in [0, 0.05) is 46.6 Å². The van der Waals surface area contributed by atoms with Crippen molar-refractivity contribution in [2.45, 2.75) is 9.79 Å². The second-order valence-corrected chi connectivity index (χ2v) is 16.9. The molecule has 0 heterocycles. The second kappa shape index (κ2) is 27.1. The fraction of sp³-hybridized carbons (Fsp3) is 0. The van der Waals surface area contributed by atoms with Crippen molar-refractivity contribution in [1.29, 1.82) is 0 Å². The van der Waals surface area contributed by atoms with Crippen molar-refractivity contribution in [1.82, 2.24) is 0 Å². The van der Waals surface area contributed by atoms with Gasteiger partial charge >= 0.3 is 106 Å². The van der Waals surface area contributed by atoms with Crippen LogP contribution in [0.4, 0.5) is 51.2 Å². The Labute approximate surface area is 496 Å². The molecule has 8 rings (SSSR count). The van der Waals surface area contributed by atoms with Crippen molar-refractivity contribution in [3.8, 4) is 23.0 Å². The van der Waals surface area contributed by atoms with Crippen LogP contribution in [-0.4, -0.2) is 42.0 Å². The normalized spacial score (nSPS) is 11.4. The van der Waals surface area contributed by atoms with Gasteiger partial charge in [-0.25, -0.2) is 16.8 Å². The van der Waals surface area contributed by atoms with Crippen LogP contribution >= 0.6 is 0 Å². The fourth-order valence-corrected chi connectivity index (χ4v) is 7.60. The molecule has 29 heteroatoms. The van der Waals surface area contributed by atoms with Crippen molar-refractivity contribution in [3.63, 3.8) is 0 Å². The van der Waals surface area contributed by atoms with Crippen LogP contribution < -0.4 is 109 Å². The van der Waals surface area contributed by atoms with Crippen molar-refractivity contribution in [3.05, 3.63) is 171 Å². The zero-order chi connectivity index (χ0) is 50.3. The number of nitro benzene ring substituents is 2. The molecule has 0 saturated carbocycles. The average Bonchev–Trinajstić information content (AvgIpc) is 3.33. The number of rotatable bonds is 12. The molecule has 0 aliphatic carbocycles. The van der Waals surface area contributed by atoms with Gasteiger partial charge in [-0.05, 0) is 71.6 Å². The Morgan fingerprint density at radius 2 is 0.959 bits per heavy atom. The van der Waals surface area contributed by atoms with E-state index in [1.165, 1.54) is 24.3 Å². The Kier molecular flexibility index (Phi) is 22.8. The Balaban J connectivity index is 0.000000378. The molecule has 0 amide bonds. The van der Waals surface area contributed by atoms with Gasteiger partial charge in [-0.2, -0.15) is 30.7 Å². The zero-order valence-corrected chi connectivity index (χ0v) is 47.3. The van der Waals surface area contributed by atoms with Gasteiger partial charge in [-0.15, -0.1) is 0 Å². The van der Waals surface area contributed by atoms with Gasteiger partial charge in [0.15, 0.2) is 0 Å². The number of azo groups is 3. The standard InChI is InChI=1S/C25H18N6O7S.C20H13N3O7S.Cr.3Na/c32-23-11-10-20(30-29-19-8-6-18(7-9-19)28-27-17-4-2-1-3-5-17)12-16(23)15-26-22-13-21(31(34)35)14-24(25(22)33)39(36,37)38;24-16-8-5-11-3-1-2-4-13(11)19(16)21-22-20-14-7-6-12(23(26)27)9-15(14)18(10-17(20)25)31(28,29)30;;;;/h1-15,32-33H,(H,36,37,38);1-10,24-25H,(H,28,29,30);;;;/q;;+3;3*+1/p-6. The summed E-state index contributed by atoms with van der Waals surface area (Å²) in [6.45, 7) is 0. The van der Waals surface area contributed by atoms with Crippen LogP contribution in [0.15, 0.2) is 191 Å². The number of nitro groups is 2. The molecule has 0 fully saturated rings. The minimum absolute atomic E-state index is 0. The Morgan fingerprint density at radius 3 is 1.54 bits per heavy atom. The van der Waals surface area contributed by atoms with E-state index >= 15 is 0 Å². The average molecular weight is 1100 g/mol. The number of nitrogens with zero attached hydrogens (tertiary/aromatic N) is 9. The second-order valence-electron chi connectivity index (χ2n) is 14.2. The molecule has 0 spiro atoms. The number of benzene rings is 8. The van der Waals surface area contributed by atoms with E-state index in [4.69, 9.17) is 0 Å². The molecular formula is C45H25CrN9Na3O14S2. The summed E-state index contributed by atoms with van der Waals surface area (Å²) in [5.41, 5.74) is -0.437. The van der Waals surface area contributed by atoms with Gasteiger partial charge in [-0.1, -0.05) is 83.7 Å². The molecule has 8 aromatic rings. The molecule has 0 bridgehead atoms. The Morgan fingerprint density at radius 1 is 0.446 bits per heavy atom. The molecule has 0 aliphatic heterocycles. The quantitative estimate of drug-likeness (QED) is 0.0376. The van der Waals surface area contributed by atoms with E-state index in [0.29, 0.717) is 46.0 Å². The largest absolute Gasteiger partial charge is 3.00 e. The van der Waals surface area contributed by atoms with Gasteiger partial charge < -0.3 is 29.5 Å². The molecule has 1 radical (unpaired) electrons. The van der Waals surface area contributed by atoms with Gasteiger partial charge in [0.1, 0.15) is 20.2 Å². The summed E-state index contributed by atoms with van der Waals surface area (Å²) < 4.78 is 68.8. The topological polar surface area (TPSA) is 379 Å². The van der Waals surface area contributed by atoms with Crippen LogP contribution in [0.3, 0.4) is 0 Å². The molecule has 0 unspecified atom stereocenters. The number of non-ortho nitro benzene ring substituents is 2. The van der Waals surface area contributed by atoms with Crippen LogP contribution in [0, 0.1) is 20.2 Å². The summed E-state index contributed by atoms with van der Waals surface area (Å²) in [6.07, 6.45) is 0.912. The van der Waals surface area contributed by atoms with Gasteiger partial charge in [0.05, 0.1) is 59.4 Å². The molecule has 74 heavy (non-hydrogen) atoms. The smallest absolute Gasteiger partial charge is 0.872 e. The summed E-state index contributed by atoms with van der Waals surface area (Å²) in [7, 11) is -10.4. The van der Waals surface area contributed by atoms with Gasteiger partial charge in [0.2, 0.25) is 0 Å². The third-order valence-electron chi connectivity index (χ3n) is 9.62. The predicted molar refractivity (Wildman–Crippen MR) is 240 cm³/mol. The van der Waals surface area contributed by atoms with E-state index in [2.05, 4.69) is 35.7 Å². The number of aliphatic imine (C=N–C) groups is 1. The number of hydrogen-bond donors (Lipinski definition) is 0. The van der Waals surface area contributed by atoms with Crippen LogP contribution in [-0.2, 0) is 37.6 Å². The molecule has 23 nitrogen and oxygen atoms in total. The van der Waals surface area contributed by atoms with E-state index in [0.717, 1.165) is 24.4 Å². The molecule has 0 N–H and O–H groups in total. The van der Waals surface area contributed by atoms with Crippen LogP contribution in [0.5, 0.6) is 23.0 Å². The summed E-state index contributed by atoms with van der Waals surface area (Å²) in [5.74, 6) is -3.25. The molecule has 0 atom stereocenters. The molecule has 0 saturated heterocycles. The Hall–Kier alpha value is -5.90. The van der Waals surface area contributed by atoms with Crippen molar-refractivity contribution < 1.29 is 162 Å². The third-order valence-corrected chi connectivity index (χ3v) is 11.3. The SMILES string of the molecule is O=[N+]([O-])c1cc(N=Cc2cc(N=Nc3ccc(N=Nc4ccccc4)cc3)ccc2[O-])c([O-])c(S(=O)(=O)[O-])c1.O=[N+]([O-])c1ccc2c(N=Nc3c([O-])ccc4ccccc34)c([O-])cc(S(=O)(=O)[O-])c2c1.[Cr+3].[Na+].[Na+].[Na+]. The van der Waals surface area contributed by atoms with E-state index in [9.17, 15) is 66.6 Å². The van der Waals surface area contributed by atoms with E-state index in [1.807, 2.05) is 30.3 Å². The zero-order valence-electron chi connectivity index (χ0n) is 38.4. The first kappa shape index (κ1) is 62.4. The molecule has 8 aromatic carbocycles. The Bertz CT molecular complexity index is 3750. The van der Waals surface area contributed by atoms with E-state index < -0.39 is 79.9 Å². The first-order chi connectivity index (χ1) is 33.3. The summed E-state index contributed by atoms with van der Waals surface area (Å²) in [6, 6.07) is 34.2. The van der Waals surface area contributed by atoms with E-state index in [1.54, 1.807) is 54.6 Å². The molecule has 0 aliphatic rings.